The molecule has 2 aromatic rings. The number of aromatic amines is 1. The summed E-state index contributed by atoms with van der Waals surface area (Å²) in [5.41, 5.74) is 0.132. The van der Waals surface area contributed by atoms with Crippen LogP contribution in [-0.4, -0.2) is 39.8 Å². The first-order chi connectivity index (χ1) is 10.5. The Bertz CT molecular complexity index is 754. The Hall–Kier alpha value is -2.74. The molecular weight excluding hydrogens is 288 g/mol. The highest BCUT2D eigenvalue weighted by Gasteiger charge is 2.14. The Labute approximate surface area is 125 Å². The lowest BCUT2D eigenvalue weighted by atomic mass is 10.1. The lowest BCUT2D eigenvalue weighted by Crippen LogP contribution is -2.42. The Morgan fingerprint density at radius 2 is 1.86 bits per heavy atom. The highest BCUT2D eigenvalue weighted by atomic mass is 16.3. The number of carbonyl (C=O) groups excluding carboxylic acids is 2. The molecule has 0 spiro atoms. The predicted molar refractivity (Wildman–Crippen MR) is 78.9 cm³/mol. The molecule has 4 N–H and O–H groups in total. The molecule has 0 saturated carbocycles. The van der Waals surface area contributed by atoms with E-state index in [1.807, 2.05) is 0 Å². The molecule has 0 bridgehead atoms. The van der Waals surface area contributed by atoms with Crippen LogP contribution in [0.4, 0.5) is 0 Å². The third-order valence-corrected chi connectivity index (χ3v) is 2.96. The van der Waals surface area contributed by atoms with E-state index in [0.29, 0.717) is 16.5 Å². The minimum absolute atomic E-state index is 0.00176. The van der Waals surface area contributed by atoms with Crippen LogP contribution >= 0.6 is 0 Å². The number of amides is 2. The van der Waals surface area contributed by atoms with E-state index in [1.165, 1.54) is 6.92 Å². The van der Waals surface area contributed by atoms with E-state index in [9.17, 15) is 14.4 Å². The monoisotopic (exact) mass is 304 g/mol. The quantitative estimate of drug-likeness (QED) is 0.541. The molecule has 0 unspecified atom stereocenters. The SMILES string of the molecule is C[C@H](O)CNC(=O)C(=O)NCc1n[nH]c(=O)c2ccccc12. The fourth-order valence-corrected chi connectivity index (χ4v) is 1.87. The van der Waals surface area contributed by atoms with Crippen LogP contribution in [0.25, 0.3) is 10.8 Å². The average Bonchev–Trinajstić information content (AvgIpc) is 2.52. The molecule has 1 heterocycles. The zero-order valence-corrected chi connectivity index (χ0v) is 11.9. The van der Waals surface area contributed by atoms with Gasteiger partial charge in [-0.15, -0.1) is 0 Å². The first kappa shape index (κ1) is 15.6. The average molecular weight is 304 g/mol. The third kappa shape index (κ3) is 3.67. The van der Waals surface area contributed by atoms with Crippen LogP contribution in [0.5, 0.6) is 0 Å². The number of nitrogens with one attached hydrogen (secondary N) is 3. The normalized spacial score (nSPS) is 11.9. The fraction of sp³-hybridized carbons (Fsp3) is 0.286. The summed E-state index contributed by atoms with van der Waals surface area (Å²) < 4.78 is 0. The van der Waals surface area contributed by atoms with E-state index in [4.69, 9.17) is 5.11 Å². The van der Waals surface area contributed by atoms with Crippen molar-refractivity contribution in [1.29, 1.82) is 0 Å². The smallest absolute Gasteiger partial charge is 0.309 e. The van der Waals surface area contributed by atoms with Gasteiger partial charge < -0.3 is 15.7 Å². The lowest BCUT2D eigenvalue weighted by Gasteiger charge is -2.08. The van der Waals surface area contributed by atoms with Crippen LogP contribution in [0, 0.1) is 0 Å². The summed E-state index contributed by atoms with van der Waals surface area (Å²) in [6, 6.07) is 6.84. The molecule has 0 aliphatic heterocycles. The maximum absolute atomic E-state index is 11.6. The second-order valence-corrected chi connectivity index (χ2v) is 4.79. The summed E-state index contributed by atoms with van der Waals surface area (Å²) in [6.07, 6.45) is -0.735. The number of fused-ring (bicyclic) bond motifs is 1. The molecule has 1 atom stereocenters. The van der Waals surface area contributed by atoms with Gasteiger partial charge in [-0.2, -0.15) is 5.10 Å². The zero-order valence-electron chi connectivity index (χ0n) is 11.9. The van der Waals surface area contributed by atoms with Crippen LogP contribution in [-0.2, 0) is 16.1 Å². The van der Waals surface area contributed by atoms with Crippen LogP contribution in [0.15, 0.2) is 29.1 Å². The number of aromatic nitrogens is 2. The summed E-state index contributed by atoms with van der Waals surface area (Å²) in [7, 11) is 0. The Kier molecular flexibility index (Phi) is 4.84. The van der Waals surface area contributed by atoms with Crippen molar-refractivity contribution in [3.63, 3.8) is 0 Å². The maximum atomic E-state index is 11.6. The van der Waals surface area contributed by atoms with Crippen molar-refractivity contribution in [2.45, 2.75) is 19.6 Å². The number of aliphatic hydroxyl groups excluding tert-OH is 1. The first-order valence-corrected chi connectivity index (χ1v) is 6.69. The molecular formula is C14H16N4O4. The van der Waals surface area contributed by atoms with Gasteiger partial charge in [0.1, 0.15) is 0 Å². The number of hydrogen-bond acceptors (Lipinski definition) is 5. The highest BCUT2D eigenvalue weighted by molar-refractivity contribution is 6.35. The molecule has 2 amide bonds. The molecule has 8 nitrogen and oxygen atoms in total. The number of H-pyrrole nitrogens is 1. The molecule has 0 saturated heterocycles. The van der Waals surface area contributed by atoms with Gasteiger partial charge in [-0.3, -0.25) is 14.4 Å². The van der Waals surface area contributed by atoms with Gasteiger partial charge >= 0.3 is 11.8 Å². The van der Waals surface area contributed by atoms with E-state index >= 15 is 0 Å². The lowest BCUT2D eigenvalue weighted by molar-refractivity contribution is -0.139. The number of aliphatic hydroxyl groups is 1. The van der Waals surface area contributed by atoms with Crippen molar-refractivity contribution in [3.05, 3.63) is 40.3 Å². The van der Waals surface area contributed by atoms with Crippen LogP contribution in [0.2, 0.25) is 0 Å². The van der Waals surface area contributed by atoms with E-state index in [0.717, 1.165) is 0 Å². The molecule has 22 heavy (non-hydrogen) atoms. The summed E-state index contributed by atoms with van der Waals surface area (Å²) in [5, 5.41) is 21.0. The van der Waals surface area contributed by atoms with Crippen LogP contribution < -0.4 is 16.2 Å². The summed E-state index contributed by atoms with van der Waals surface area (Å²) in [5.74, 6) is -1.67. The molecule has 1 aromatic heterocycles. The summed E-state index contributed by atoms with van der Waals surface area (Å²) in [6.45, 7) is 1.48. The van der Waals surface area contributed by atoms with Gasteiger partial charge in [0.25, 0.3) is 5.56 Å². The molecule has 116 valence electrons. The topological polar surface area (TPSA) is 124 Å². The van der Waals surface area contributed by atoms with E-state index < -0.39 is 17.9 Å². The van der Waals surface area contributed by atoms with Crippen molar-refractivity contribution in [3.8, 4) is 0 Å². The van der Waals surface area contributed by atoms with Gasteiger partial charge in [-0.05, 0) is 13.0 Å². The van der Waals surface area contributed by atoms with E-state index in [2.05, 4.69) is 20.8 Å². The maximum Gasteiger partial charge on any atom is 0.309 e. The zero-order chi connectivity index (χ0) is 16.1. The van der Waals surface area contributed by atoms with Crippen molar-refractivity contribution < 1.29 is 14.7 Å². The number of carbonyl (C=O) groups is 2. The second-order valence-electron chi connectivity index (χ2n) is 4.79. The Morgan fingerprint density at radius 1 is 1.23 bits per heavy atom. The fourth-order valence-electron chi connectivity index (χ4n) is 1.87. The van der Waals surface area contributed by atoms with Gasteiger partial charge in [-0.1, -0.05) is 18.2 Å². The number of nitrogens with zero attached hydrogens (tertiary/aromatic N) is 1. The molecule has 2 rings (SSSR count). The predicted octanol–water partition coefficient (Wildman–Crippen LogP) is -0.964. The molecule has 8 heteroatoms. The summed E-state index contributed by atoms with van der Waals surface area (Å²) >= 11 is 0. The largest absolute Gasteiger partial charge is 0.392 e. The molecule has 0 fully saturated rings. The van der Waals surface area contributed by atoms with Gasteiger partial charge in [0.05, 0.1) is 23.7 Å². The Balaban J connectivity index is 2.06. The minimum Gasteiger partial charge on any atom is -0.392 e. The summed E-state index contributed by atoms with van der Waals surface area (Å²) in [4.78, 5) is 34.7. The number of hydrogen-bond donors (Lipinski definition) is 4. The molecule has 1 aromatic carbocycles. The van der Waals surface area contributed by atoms with Gasteiger partial charge in [0.15, 0.2) is 0 Å². The number of benzene rings is 1. The van der Waals surface area contributed by atoms with Gasteiger partial charge in [0.2, 0.25) is 0 Å². The van der Waals surface area contributed by atoms with E-state index in [1.54, 1.807) is 24.3 Å². The Morgan fingerprint density at radius 3 is 2.55 bits per heavy atom. The van der Waals surface area contributed by atoms with Gasteiger partial charge in [0, 0.05) is 11.9 Å². The van der Waals surface area contributed by atoms with Crippen molar-refractivity contribution >= 4 is 22.6 Å². The van der Waals surface area contributed by atoms with Crippen molar-refractivity contribution in [2.75, 3.05) is 6.54 Å². The number of rotatable bonds is 4. The minimum atomic E-state index is -0.838. The standard InChI is InChI=1S/C14H16N4O4/c1-8(19)6-15-13(21)14(22)16-7-11-9-4-2-3-5-10(9)12(20)18-17-11/h2-5,8,19H,6-7H2,1H3,(H,15,21)(H,16,22)(H,18,20)/t8-/m0/s1. The van der Waals surface area contributed by atoms with E-state index in [-0.39, 0.29) is 18.6 Å². The van der Waals surface area contributed by atoms with Gasteiger partial charge in [-0.25, -0.2) is 5.10 Å². The van der Waals surface area contributed by atoms with Crippen molar-refractivity contribution in [1.82, 2.24) is 20.8 Å². The molecule has 0 radical (unpaired) electrons. The first-order valence-electron chi connectivity index (χ1n) is 6.69. The van der Waals surface area contributed by atoms with Crippen LogP contribution in [0.1, 0.15) is 12.6 Å². The van der Waals surface area contributed by atoms with Crippen molar-refractivity contribution in [2.24, 2.45) is 0 Å². The molecule has 0 aliphatic rings. The molecule has 0 aliphatic carbocycles. The van der Waals surface area contributed by atoms with Crippen LogP contribution in [0.3, 0.4) is 0 Å². The third-order valence-electron chi connectivity index (χ3n) is 2.96. The second kappa shape index (κ2) is 6.81. The highest BCUT2D eigenvalue weighted by Crippen LogP contribution is 2.11.